The number of benzene rings is 1. The van der Waals surface area contributed by atoms with Crippen molar-refractivity contribution < 1.29 is 0 Å². The molecule has 0 bridgehead atoms. The van der Waals surface area contributed by atoms with Gasteiger partial charge in [0.2, 0.25) is 5.95 Å². The average molecular weight is 190 g/mol. The first-order valence-corrected chi connectivity index (χ1v) is 4.69. The topological polar surface area (TPSA) is 55.9 Å². The van der Waals surface area contributed by atoms with Crippen LogP contribution < -0.4 is 11.3 Å². The molecule has 0 spiro atoms. The molecule has 0 aliphatic carbocycles. The van der Waals surface area contributed by atoms with Crippen molar-refractivity contribution in [3.8, 4) is 0 Å². The number of hydrazine groups is 1. The molecule has 0 saturated carbocycles. The third kappa shape index (κ3) is 1.24. The lowest BCUT2D eigenvalue weighted by atomic mass is 10.2. The second kappa shape index (κ2) is 3.31. The summed E-state index contributed by atoms with van der Waals surface area (Å²) in [5, 5.41) is 0. The summed E-state index contributed by atoms with van der Waals surface area (Å²) in [5.41, 5.74) is 5.94. The summed E-state index contributed by atoms with van der Waals surface area (Å²) in [7, 11) is 0. The van der Waals surface area contributed by atoms with E-state index >= 15 is 0 Å². The van der Waals surface area contributed by atoms with Crippen LogP contribution in [0.4, 0.5) is 5.95 Å². The van der Waals surface area contributed by atoms with E-state index in [-0.39, 0.29) is 0 Å². The number of hydrogen-bond acceptors (Lipinski definition) is 3. The minimum Gasteiger partial charge on any atom is -0.309 e. The maximum atomic E-state index is 5.39. The number of aryl methyl sites for hydroxylation is 2. The summed E-state index contributed by atoms with van der Waals surface area (Å²) in [6.07, 6.45) is 0. The van der Waals surface area contributed by atoms with Crippen LogP contribution in [0, 0.1) is 6.92 Å². The predicted octanol–water partition coefficient (Wildman–Crippen LogP) is 1.65. The molecule has 3 N–H and O–H groups in total. The maximum Gasteiger partial charge on any atom is 0.218 e. The van der Waals surface area contributed by atoms with Crippen molar-refractivity contribution >= 4 is 17.0 Å². The molecule has 1 heterocycles. The Morgan fingerprint density at radius 1 is 1.50 bits per heavy atom. The van der Waals surface area contributed by atoms with Gasteiger partial charge in [0, 0.05) is 6.54 Å². The molecular weight excluding hydrogens is 176 g/mol. The second-order valence-electron chi connectivity index (χ2n) is 3.32. The Labute approximate surface area is 82.7 Å². The predicted molar refractivity (Wildman–Crippen MR) is 58.0 cm³/mol. The summed E-state index contributed by atoms with van der Waals surface area (Å²) in [6.45, 7) is 5.01. The van der Waals surface area contributed by atoms with Gasteiger partial charge < -0.3 is 4.57 Å². The van der Waals surface area contributed by atoms with Gasteiger partial charge in [0.25, 0.3) is 0 Å². The van der Waals surface area contributed by atoms with Crippen LogP contribution in [0.3, 0.4) is 0 Å². The lowest BCUT2D eigenvalue weighted by molar-refractivity contribution is 0.791. The SMILES string of the molecule is CCn1c(NN)nc2ccc(C)cc21. The van der Waals surface area contributed by atoms with E-state index in [9.17, 15) is 0 Å². The fourth-order valence-corrected chi connectivity index (χ4v) is 1.66. The molecule has 0 atom stereocenters. The van der Waals surface area contributed by atoms with Crippen LogP contribution in [0.15, 0.2) is 18.2 Å². The molecule has 0 unspecified atom stereocenters. The minimum atomic E-state index is 0.716. The van der Waals surface area contributed by atoms with Gasteiger partial charge >= 0.3 is 0 Å². The van der Waals surface area contributed by atoms with Gasteiger partial charge in [-0.15, -0.1) is 0 Å². The normalized spacial score (nSPS) is 10.8. The molecule has 0 aliphatic heterocycles. The van der Waals surface area contributed by atoms with Crippen LogP contribution in [-0.2, 0) is 6.54 Å². The summed E-state index contributed by atoms with van der Waals surface area (Å²) in [4.78, 5) is 4.37. The highest BCUT2D eigenvalue weighted by molar-refractivity contribution is 5.79. The number of hydrogen-bond donors (Lipinski definition) is 2. The number of fused-ring (bicyclic) bond motifs is 1. The number of rotatable bonds is 2. The molecule has 2 rings (SSSR count). The fourth-order valence-electron chi connectivity index (χ4n) is 1.66. The molecule has 4 nitrogen and oxygen atoms in total. The largest absolute Gasteiger partial charge is 0.309 e. The van der Waals surface area contributed by atoms with Crippen LogP contribution in [0.5, 0.6) is 0 Å². The Morgan fingerprint density at radius 3 is 2.93 bits per heavy atom. The van der Waals surface area contributed by atoms with Crippen LogP contribution >= 0.6 is 0 Å². The monoisotopic (exact) mass is 190 g/mol. The summed E-state index contributed by atoms with van der Waals surface area (Å²) < 4.78 is 2.06. The Hall–Kier alpha value is -1.55. The number of nitrogen functional groups attached to an aromatic ring is 1. The Kier molecular flexibility index (Phi) is 2.13. The van der Waals surface area contributed by atoms with Gasteiger partial charge in [-0.1, -0.05) is 6.07 Å². The maximum absolute atomic E-state index is 5.39. The third-order valence-corrected chi connectivity index (χ3v) is 2.35. The number of nitrogens with zero attached hydrogens (tertiary/aromatic N) is 2. The van der Waals surface area contributed by atoms with Gasteiger partial charge in [0.15, 0.2) is 0 Å². The van der Waals surface area contributed by atoms with E-state index < -0.39 is 0 Å². The first kappa shape index (κ1) is 9.02. The summed E-state index contributed by atoms with van der Waals surface area (Å²) in [6, 6.07) is 6.18. The van der Waals surface area contributed by atoms with Gasteiger partial charge in [-0.25, -0.2) is 10.8 Å². The molecule has 4 heteroatoms. The molecule has 2 aromatic rings. The second-order valence-corrected chi connectivity index (χ2v) is 3.32. The van der Waals surface area contributed by atoms with Gasteiger partial charge in [-0.2, -0.15) is 0 Å². The molecule has 14 heavy (non-hydrogen) atoms. The van der Waals surface area contributed by atoms with Crippen molar-refractivity contribution in [2.24, 2.45) is 5.84 Å². The van der Waals surface area contributed by atoms with E-state index in [0.717, 1.165) is 17.6 Å². The zero-order valence-corrected chi connectivity index (χ0v) is 8.41. The van der Waals surface area contributed by atoms with Gasteiger partial charge in [-0.3, -0.25) is 5.43 Å². The quantitative estimate of drug-likeness (QED) is 0.559. The average Bonchev–Trinajstić information content (AvgIpc) is 2.54. The molecule has 0 fully saturated rings. The fraction of sp³-hybridized carbons (Fsp3) is 0.300. The Bertz CT molecular complexity index is 458. The van der Waals surface area contributed by atoms with Crippen molar-refractivity contribution in [3.05, 3.63) is 23.8 Å². The third-order valence-electron chi connectivity index (χ3n) is 2.35. The summed E-state index contributed by atoms with van der Waals surface area (Å²) >= 11 is 0. The smallest absolute Gasteiger partial charge is 0.218 e. The highest BCUT2D eigenvalue weighted by Crippen LogP contribution is 2.19. The molecule has 0 amide bonds. The molecule has 0 saturated heterocycles. The zero-order valence-electron chi connectivity index (χ0n) is 8.41. The van der Waals surface area contributed by atoms with Crippen LogP contribution in [0.25, 0.3) is 11.0 Å². The Morgan fingerprint density at radius 2 is 2.29 bits per heavy atom. The number of nitrogens with one attached hydrogen (secondary N) is 1. The highest BCUT2D eigenvalue weighted by atomic mass is 15.3. The van der Waals surface area contributed by atoms with E-state index in [2.05, 4.69) is 41.0 Å². The van der Waals surface area contributed by atoms with Crippen LogP contribution in [0.1, 0.15) is 12.5 Å². The lowest BCUT2D eigenvalue weighted by Gasteiger charge is -2.04. The van der Waals surface area contributed by atoms with Gasteiger partial charge in [0.1, 0.15) is 0 Å². The molecule has 1 aromatic carbocycles. The zero-order chi connectivity index (χ0) is 10.1. The van der Waals surface area contributed by atoms with Crippen molar-refractivity contribution in [2.45, 2.75) is 20.4 Å². The number of nitrogens with two attached hydrogens (primary N) is 1. The molecule has 1 aromatic heterocycles. The minimum absolute atomic E-state index is 0.716. The van der Waals surface area contributed by atoms with Crippen molar-refractivity contribution in [1.29, 1.82) is 0 Å². The summed E-state index contributed by atoms with van der Waals surface area (Å²) in [5.74, 6) is 6.11. The van der Waals surface area contributed by atoms with E-state index in [1.165, 1.54) is 5.56 Å². The van der Waals surface area contributed by atoms with Crippen LogP contribution in [-0.4, -0.2) is 9.55 Å². The highest BCUT2D eigenvalue weighted by Gasteiger charge is 2.07. The number of aromatic nitrogens is 2. The van der Waals surface area contributed by atoms with Crippen molar-refractivity contribution in [3.63, 3.8) is 0 Å². The molecule has 0 radical (unpaired) electrons. The van der Waals surface area contributed by atoms with E-state index in [1.54, 1.807) is 0 Å². The van der Waals surface area contributed by atoms with E-state index in [0.29, 0.717) is 5.95 Å². The van der Waals surface area contributed by atoms with Crippen LogP contribution in [0.2, 0.25) is 0 Å². The first-order chi connectivity index (χ1) is 6.76. The standard InChI is InChI=1S/C10H14N4/c1-3-14-9-6-7(2)4-5-8(9)12-10(14)13-11/h4-6H,3,11H2,1-2H3,(H,12,13). The first-order valence-electron chi connectivity index (χ1n) is 4.69. The number of anilines is 1. The number of imidazole rings is 1. The van der Waals surface area contributed by atoms with Gasteiger partial charge in [0.05, 0.1) is 11.0 Å². The van der Waals surface area contributed by atoms with Gasteiger partial charge in [-0.05, 0) is 31.5 Å². The molecule has 74 valence electrons. The van der Waals surface area contributed by atoms with E-state index in [4.69, 9.17) is 5.84 Å². The van der Waals surface area contributed by atoms with Crippen molar-refractivity contribution in [2.75, 3.05) is 5.43 Å². The Balaban J connectivity index is 2.74. The van der Waals surface area contributed by atoms with Crippen molar-refractivity contribution in [1.82, 2.24) is 9.55 Å². The van der Waals surface area contributed by atoms with E-state index in [1.807, 2.05) is 6.07 Å². The lowest BCUT2D eigenvalue weighted by Crippen LogP contribution is -2.12. The molecule has 0 aliphatic rings. The molecular formula is C10H14N4.